The van der Waals surface area contributed by atoms with Crippen molar-refractivity contribution < 1.29 is 4.39 Å². The minimum absolute atomic E-state index is 0.167. The molecule has 0 aromatic heterocycles. The van der Waals surface area contributed by atoms with Gasteiger partial charge in [-0.1, -0.05) is 32.9 Å². The fourth-order valence-electron chi connectivity index (χ4n) is 1.23. The van der Waals surface area contributed by atoms with Crippen LogP contribution in [-0.2, 0) is 6.54 Å². The van der Waals surface area contributed by atoms with Gasteiger partial charge in [-0.15, -0.1) is 0 Å². The Morgan fingerprint density at radius 2 is 2.00 bits per heavy atom. The van der Waals surface area contributed by atoms with Crippen LogP contribution in [0.2, 0.25) is 0 Å². The van der Waals surface area contributed by atoms with E-state index in [-0.39, 0.29) is 11.2 Å². The van der Waals surface area contributed by atoms with Gasteiger partial charge < -0.3 is 5.32 Å². The maximum Gasteiger partial charge on any atom is 0.123 e. The number of hydrogen-bond donors (Lipinski definition) is 1. The summed E-state index contributed by atoms with van der Waals surface area (Å²) in [6, 6.07) is 6.70. The molecule has 0 aliphatic rings. The molecule has 0 aliphatic carbocycles. The highest BCUT2D eigenvalue weighted by molar-refractivity contribution is 5.15. The molecule has 0 aliphatic heterocycles. The molecule has 1 N–H and O–H groups in total. The molecule has 0 atom stereocenters. The van der Waals surface area contributed by atoms with Crippen LogP contribution < -0.4 is 5.32 Å². The number of hydrogen-bond acceptors (Lipinski definition) is 1. The molecule has 78 valence electrons. The molecule has 2 heteroatoms. The van der Waals surface area contributed by atoms with Crippen LogP contribution in [0.1, 0.15) is 26.3 Å². The minimum atomic E-state index is -0.167. The lowest BCUT2D eigenvalue weighted by molar-refractivity contribution is 0.379. The van der Waals surface area contributed by atoms with Gasteiger partial charge in [0, 0.05) is 13.1 Å². The zero-order chi connectivity index (χ0) is 10.6. The van der Waals surface area contributed by atoms with E-state index in [1.54, 1.807) is 12.1 Å². The van der Waals surface area contributed by atoms with Crippen molar-refractivity contribution in [2.24, 2.45) is 5.41 Å². The Labute approximate surface area is 85.3 Å². The van der Waals surface area contributed by atoms with Crippen LogP contribution in [0.3, 0.4) is 0 Å². The Bertz CT molecular complexity index is 289. The Morgan fingerprint density at radius 1 is 1.29 bits per heavy atom. The largest absolute Gasteiger partial charge is 0.312 e. The lowest BCUT2D eigenvalue weighted by Crippen LogP contribution is -2.26. The Hall–Kier alpha value is -0.890. The zero-order valence-electron chi connectivity index (χ0n) is 9.10. The normalized spacial score (nSPS) is 11.7. The number of nitrogens with one attached hydrogen (secondary N) is 1. The van der Waals surface area contributed by atoms with Gasteiger partial charge in [0.1, 0.15) is 5.82 Å². The maximum atomic E-state index is 12.8. The van der Waals surface area contributed by atoms with Gasteiger partial charge in [-0.2, -0.15) is 0 Å². The smallest absolute Gasteiger partial charge is 0.123 e. The van der Waals surface area contributed by atoms with Crippen LogP contribution >= 0.6 is 0 Å². The SMILES string of the molecule is CC(C)(C)CNCc1cccc(F)c1. The zero-order valence-corrected chi connectivity index (χ0v) is 9.10. The number of benzene rings is 1. The second-order valence-corrected chi connectivity index (χ2v) is 4.79. The molecule has 1 aromatic carbocycles. The molecular weight excluding hydrogens is 177 g/mol. The van der Waals surface area contributed by atoms with Crippen molar-refractivity contribution in [2.45, 2.75) is 27.3 Å². The van der Waals surface area contributed by atoms with Crippen LogP contribution in [0, 0.1) is 11.2 Å². The molecule has 0 amide bonds. The van der Waals surface area contributed by atoms with E-state index >= 15 is 0 Å². The first kappa shape index (κ1) is 11.2. The Morgan fingerprint density at radius 3 is 2.57 bits per heavy atom. The van der Waals surface area contributed by atoms with Gasteiger partial charge >= 0.3 is 0 Å². The number of rotatable bonds is 3. The minimum Gasteiger partial charge on any atom is -0.312 e. The van der Waals surface area contributed by atoms with Crippen molar-refractivity contribution in [2.75, 3.05) is 6.54 Å². The third kappa shape index (κ3) is 4.38. The van der Waals surface area contributed by atoms with Gasteiger partial charge in [0.05, 0.1) is 0 Å². The monoisotopic (exact) mass is 195 g/mol. The Kier molecular flexibility index (Phi) is 3.64. The molecular formula is C12H18FN. The third-order valence-corrected chi connectivity index (χ3v) is 1.87. The highest BCUT2D eigenvalue weighted by atomic mass is 19.1. The molecule has 0 spiro atoms. The van der Waals surface area contributed by atoms with Gasteiger partial charge in [-0.25, -0.2) is 4.39 Å². The van der Waals surface area contributed by atoms with Gasteiger partial charge in [0.2, 0.25) is 0 Å². The first-order valence-electron chi connectivity index (χ1n) is 4.92. The second-order valence-electron chi connectivity index (χ2n) is 4.79. The van der Waals surface area contributed by atoms with Gasteiger partial charge in [-0.3, -0.25) is 0 Å². The summed E-state index contributed by atoms with van der Waals surface area (Å²) in [5.74, 6) is -0.167. The summed E-state index contributed by atoms with van der Waals surface area (Å²) in [6.07, 6.45) is 0. The summed E-state index contributed by atoms with van der Waals surface area (Å²) in [4.78, 5) is 0. The molecule has 14 heavy (non-hydrogen) atoms. The summed E-state index contributed by atoms with van der Waals surface area (Å²) in [5, 5.41) is 3.30. The van der Waals surface area contributed by atoms with Crippen molar-refractivity contribution in [1.29, 1.82) is 0 Å². The molecule has 1 nitrogen and oxygen atoms in total. The summed E-state index contributed by atoms with van der Waals surface area (Å²) in [5.41, 5.74) is 1.27. The maximum absolute atomic E-state index is 12.8. The van der Waals surface area contributed by atoms with Crippen molar-refractivity contribution in [3.63, 3.8) is 0 Å². The quantitative estimate of drug-likeness (QED) is 0.782. The van der Waals surface area contributed by atoms with Gasteiger partial charge in [0.15, 0.2) is 0 Å². The summed E-state index contributed by atoms with van der Waals surface area (Å²) in [6.45, 7) is 8.18. The molecule has 0 saturated heterocycles. The van der Waals surface area contributed by atoms with Crippen LogP contribution in [-0.4, -0.2) is 6.54 Å². The fourth-order valence-corrected chi connectivity index (χ4v) is 1.23. The van der Waals surface area contributed by atoms with E-state index in [9.17, 15) is 4.39 Å². The highest BCUT2D eigenvalue weighted by Crippen LogP contribution is 2.11. The van der Waals surface area contributed by atoms with E-state index < -0.39 is 0 Å². The molecule has 0 heterocycles. The van der Waals surface area contributed by atoms with E-state index in [1.807, 2.05) is 6.07 Å². The number of halogens is 1. The fraction of sp³-hybridized carbons (Fsp3) is 0.500. The third-order valence-electron chi connectivity index (χ3n) is 1.87. The molecule has 0 radical (unpaired) electrons. The lowest BCUT2D eigenvalue weighted by Gasteiger charge is -2.18. The second kappa shape index (κ2) is 4.56. The van der Waals surface area contributed by atoms with E-state index in [2.05, 4.69) is 26.1 Å². The van der Waals surface area contributed by atoms with Crippen molar-refractivity contribution in [3.05, 3.63) is 35.6 Å². The van der Waals surface area contributed by atoms with E-state index in [0.29, 0.717) is 0 Å². The lowest BCUT2D eigenvalue weighted by atomic mass is 9.97. The van der Waals surface area contributed by atoms with Crippen LogP contribution in [0.15, 0.2) is 24.3 Å². The summed E-state index contributed by atoms with van der Waals surface area (Å²) >= 11 is 0. The first-order valence-corrected chi connectivity index (χ1v) is 4.92. The predicted molar refractivity (Wildman–Crippen MR) is 57.6 cm³/mol. The van der Waals surface area contributed by atoms with E-state index in [1.165, 1.54) is 6.07 Å². The highest BCUT2D eigenvalue weighted by Gasteiger charge is 2.08. The van der Waals surface area contributed by atoms with Crippen LogP contribution in [0.4, 0.5) is 4.39 Å². The van der Waals surface area contributed by atoms with Crippen molar-refractivity contribution >= 4 is 0 Å². The standard InChI is InChI=1S/C12H18FN/c1-12(2,3)9-14-8-10-5-4-6-11(13)7-10/h4-7,14H,8-9H2,1-3H3. The topological polar surface area (TPSA) is 12.0 Å². The molecule has 0 fully saturated rings. The van der Waals surface area contributed by atoms with Gasteiger partial charge in [-0.05, 0) is 23.1 Å². The molecule has 1 aromatic rings. The molecule has 0 saturated carbocycles. The first-order chi connectivity index (χ1) is 6.47. The Balaban J connectivity index is 2.39. The molecule has 0 bridgehead atoms. The summed E-state index contributed by atoms with van der Waals surface area (Å²) in [7, 11) is 0. The van der Waals surface area contributed by atoms with E-state index in [0.717, 1.165) is 18.7 Å². The average Bonchev–Trinajstić information content (AvgIpc) is 2.01. The van der Waals surface area contributed by atoms with Crippen LogP contribution in [0.5, 0.6) is 0 Å². The van der Waals surface area contributed by atoms with E-state index in [4.69, 9.17) is 0 Å². The average molecular weight is 195 g/mol. The predicted octanol–water partition coefficient (Wildman–Crippen LogP) is 2.96. The van der Waals surface area contributed by atoms with Crippen molar-refractivity contribution in [1.82, 2.24) is 5.32 Å². The molecule has 1 rings (SSSR count). The van der Waals surface area contributed by atoms with Crippen LogP contribution in [0.25, 0.3) is 0 Å². The van der Waals surface area contributed by atoms with Gasteiger partial charge in [0.25, 0.3) is 0 Å². The molecule has 0 unspecified atom stereocenters. The van der Waals surface area contributed by atoms with Crippen molar-refractivity contribution in [3.8, 4) is 0 Å². The summed E-state index contributed by atoms with van der Waals surface area (Å²) < 4.78 is 12.8.